The third-order valence-corrected chi connectivity index (χ3v) is 3.44. The van der Waals surface area contributed by atoms with Gasteiger partial charge in [0.05, 0.1) is 18.9 Å². The van der Waals surface area contributed by atoms with Gasteiger partial charge in [0.15, 0.2) is 0 Å². The Morgan fingerprint density at radius 1 is 1.45 bits per heavy atom. The van der Waals surface area contributed by atoms with Crippen LogP contribution in [0, 0.1) is 5.92 Å². The van der Waals surface area contributed by atoms with Crippen LogP contribution in [-0.4, -0.2) is 30.9 Å². The smallest absolute Gasteiger partial charge is 0.319 e. The maximum atomic E-state index is 11.8. The van der Waals surface area contributed by atoms with Crippen LogP contribution < -0.4 is 15.4 Å². The number of halogens is 1. The first-order valence-electron chi connectivity index (χ1n) is 6.48. The van der Waals surface area contributed by atoms with Gasteiger partial charge in [-0.25, -0.2) is 4.79 Å². The number of amides is 2. The summed E-state index contributed by atoms with van der Waals surface area (Å²) in [5.74, 6) is 0.938. The number of nitrogens with one attached hydrogen (secondary N) is 2. The van der Waals surface area contributed by atoms with Crippen molar-refractivity contribution in [3.05, 3.63) is 22.7 Å². The van der Waals surface area contributed by atoms with Gasteiger partial charge in [0.1, 0.15) is 5.75 Å². The van der Waals surface area contributed by atoms with Gasteiger partial charge in [-0.05, 0) is 53.4 Å². The number of ether oxygens (including phenoxy) is 1. The van der Waals surface area contributed by atoms with E-state index in [9.17, 15) is 9.90 Å². The molecule has 6 heteroatoms. The SMILES string of the molecule is COc1ccc(NC(=O)NC[C@@H](C)C[C@H](C)O)c(Br)c1. The molecule has 0 unspecified atom stereocenters. The van der Waals surface area contributed by atoms with Gasteiger partial charge >= 0.3 is 6.03 Å². The van der Waals surface area contributed by atoms with Gasteiger partial charge < -0.3 is 20.5 Å². The Kier molecular flexibility index (Phi) is 6.81. The lowest BCUT2D eigenvalue weighted by atomic mass is 10.1. The van der Waals surface area contributed by atoms with E-state index in [1.807, 2.05) is 6.92 Å². The lowest BCUT2D eigenvalue weighted by Crippen LogP contribution is -2.33. The van der Waals surface area contributed by atoms with Gasteiger partial charge in [0.25, 0.3) is 0 Å². The first kappa shape index (κ1) is 16.8. The van der Waals surface area contributed by atoms with Gasteiger partial charge in [0, 0.05) is 11.0 Å². The zero-order valence-electron chi connectivity index (χ0n) is 11.9. The number of anilines is 1. The summed E-state index contributed by atoms with van der Waals surface area (Å²) in [5, 5.41) is 14.8. The molecular formula is C14H21BrN2O3. The van der Waals surface area contributed by atoms with E-state index in [-0.39, 0.29) is 18.1 Å². The minimum absolute atomic E-state index is 0.222. The molecule has 112 valence electrons. The Hall–Kier alpha value is -1.27. The van der Waals surface area contributed by atoms with E-state index in [4.69, 9.17) is 4.74 Å². The van der Waals surface area contributed by atoms with Crippen LogP contribution in [0.5, 0.6) is 5.75 Å². The highest BCUT2D eigenvalue weighted by molar-refractivity contribution is 9.10. The molecule has 20 heavy (non-hydrogen) atoms. The van der Waals surface area contributed by atoms with Crippen LogP contribution in [0.15, 0.2) is 22.7 Å². The lowest BCUT2D eigenvalue weighted by molar-refractivity contribution is 0.163. The summed E-state index contributed by atoms with van der Waals surface area (Å²) in [7, 11) is 1.59. The van der Waals surface area contributed by atoms with Gasteiger partial charge in [-0.3, -0.25) is 0 Å². The Labute approximate surface area is 127 Å². The second-order valence-corrected chi connectivity index (χ2v) is 5.73. The van der Waals surface area contributed by atoms with Crippen LogP contribution in [0.2, 0.25) is 0 Å². The van der Waals surface area contributed by atoms with Crippen LogP contribution >= 0.6 is 15.9 Å². The summed E-state index contributed by atoms with van der Waals surface area (Å²) in [4.78, 5) is 11.8. The second kappa shape index (κ2) is 8.11. The van der Waals surface area contributed by atoms with Crippen molar-refractivity contribution in [2.75, 3.05) is 19.0 Å². The summed E-state index contributed by atoms with van der Waals surface area (Å²) >= 11 is 3.37. The van der Waals surface area contributed by atoms with E-state index in [1.165, 1.54) is 0 Å². The molecule has 0 aliphatic heterocycles. The molecule has 1 rings (SSSR count). The van der Waals surface area contributed by atoms with Crippen molar-refractivity contribution in [2.45, 2.75) is 26.4 Å². The topological polar surface area (TPSA) is 70.6 Å². The monoisotopic (exact) mass is 344 g/mol. The molecule has 0 aliphatic rings. The molecule has 3 N–H and O–H groups in total. The number of carbonyl (C=O) groups excluding carboxylic acids is 1. The molecule has 0 saturated carbocycles. The molecular weight excluding hydrogens is 324 g/mol. The molecule has 1 aromatic carbocycles. The third-order valence-electron chi connectivity index (χ3n) is 2.78. The minimum Gasteiger partial charge on any atom is -0.497 e. The number of aliphatic hydroxyl groups is 1. The van der Waals surface area contributed by atoms with E-state index in [0.29, 0.717) is 24.4 Å². The summed E-state index contributed by atoms with van der Waals surface area (Å²) in [6, 6.07) is 5.05. The minimum atomic E-state index is -0.356. The predicted octanol–water partition coefficient (Wildman–Crippen LogP) is 2.99. The molecule has 5 nitrogen and oxygen atoms in total. The van der Waals surface area contributed by atoms with Crippen LogP contribution in [-0.2, 0) is 0 Å². The van der Waals surface area contributed by atoms with Gasteiger partial charge in [0.2, 0.25) is 0 Å². The number of methoxy groups -OCH3 is 1. The van der Waals surface area contributed by atoms with Gasteiger partial charge in [-0.15, -0.1) is 0 Å². The average molecular weight is 345 g/mol. The average Bonchev–Trinajstić information content (AvgIpc) is 2.38. The zero-order chi connectivity index (χ0) is 15.1. The number of carbonyl (C=O) groups is 1. The number of aliphatic hydroxyl groups excluding tert-OH is 1. The number of hydrogen-bond donors (Lipinski definition) is 3. The van der Waals surface area contributed by atoms with Gasteiger partial charge in [-0.2, -0.15) is 0 Å². The third kappa shape index (κ3) is 5.79. The molecule has 0 spiro atoms. The van der Waals surface area contributed by atoms with E-state index < -0.39 is 0 Å². The fourth-order valence-corrected chi connectivity index (χ4v) is 2.28. The van der Waals surface area contributed by atoms with E-state index >= 15 is 0 Å². The first-order valence-corrected chi connectivity index (χ1v) is 7.28. The highest BCUT2D eigenvalue weighted by Crippen LogP contribution is 2.26. The quantitative estimate of drug-likeness (QED) is 0.742. The number of benzene rings is 1. The predicted molar refractivity (Wildman–Crippen MR) is 83.2 cm³/mol. The second-order valence-electron chi connectivity index (χ2n) is 4.87. The number of hydrogen-bond acceptors (Lipinski definition) is 3. The molecule has 0 aliphatic carbocycles. The van der Waals surface area contributed by atoms with Crippen molar-refractivity contribution in [2.24, 2.45) is 5.92 Å². The van der Waals surface area contributed by atoms with Crippen molar-refractivity contribution < 1.29 is 14.6 Å². The summed E-state index contributed by atoms with van der Waals surface area (Å²) < 4.78 is 5.84. The Morgan fingerprint density at radius 3 is 2.70 bits per heavy atom. The maximum Gasteiger partial charge on any atom is 0.319 e. The summed E-state index contributed by atoms with van der Waals surface area (Å²) in [6.45, 7) is 4.24. The Morgan fingerprint density at radius 2 is 2.15 bits per heavy atom. The lowest BCUT2D eigenvalue weighted by Gasteiger charge is -2.15. The number of rotatable bonds is 6. The van der Waals surface area contributed by atoms with Crippen LogP contribution in [0.3, 0.4) is 0 Å². The zero-order valence-corrected chi connectivity index (χ0v) is 13.5. The van der Waals surface area contributed by atoms with Crippen molar-refractivity contribution >= 4 is 27.6 Å². The van der Waals surface area contributed by atoms with Crippen LogP contribution in [0.1, 0.15) is 20.3 Å². The fraction of sp³-hybridized carbons (Fsp3) is 0.500. The van der Waals surface area contributed by atoms with Crippen molar-refractivity contribution in [1.82, 2.24) is 5.32 Å². The molecule has 0 aromatic heterocycles. The molecule has 2 amide bonds. The first-order chi connectivity index (χ1) is 9.42. The van der Waals surface area contributed by atoms with Crippen LogP contribution in [0.4, 0.5) is 10.5 Å². The standard InChI is InChI=1S/C14H21BrN2O3/c1-9(6-10(2)18)8-16-14(19)17-13-5-4-11(20-3)7-12(13)15/h4-5,7,9-10,18H,6,8H2,1-3H3,(H2,16,17,19)/t9-,10-/m0/s1. The maximum absolute atomic E-state index is 11.8. The molecule has 0 radical (unpaired) electrons. The molecule has 0 heterocycles. The molecule has 0 fully saturated rings. The highest BCUT2D eigenvalue weighted by atomic mass is 79.9. The van der Waals surface area contributed by atoms with E-state index in [1.54, 1.807) is 32.2 Å². The molecule has 1 aromatic rings. The summed E-state index contributed by atoms with van der Waals surface area (Å²) in [5.41, 5.74) is 0.673. The highest BCUT2D eigenvalue weighted by Gasteiger charge is 2.09. The van der Waals surface area contributed by atoms with Gasteiger partial charge in [-0.1, -0.05) is 6.92 Å². The molecule has 0 saturated heterocycles. The van der Waals surface area contributed by atoms with Crippen LogP contribution in [0.25, 0.3) is 0 Å². The molecule has 0 bridgehead atoms. The van der Waals surface area contributed by atoms with Crippen molar-refractivity contribution in [3.63, 3.8) is 0 Å². The van der Waals surface area contributed by atoms with Crippen molar-refractivity contribution in [1.29, 1.82) is 0 Å². The Balaban J connectivity index is 2.46. The Bertz CT molecular complexity index is 452. The number of urea groups is 1. The van der Waals surface area contributed by atoms with E-state index in [2.05, 4.69) is 26.6 Å². The largest absolute Gasteiger partial charge is 0.497 e. The normalized spacial score (nSPS) is 13.4. The van der Waals surface area contributed by atoms with E-state index in [0.717, 1.165) is 4.47 Å². The van der Waals surface area contributed by atoms with Crippen molar-refractivity contribution in [3.8, 4) is 5.75 Å². The summed E-state index contributed by atoms with van der Waals surface area (Å²) in [6.07, 6.45) is 0.303. The molecule has 2 atom stereocenters. The fourth-order valence-electron chi connectivity index (χ4n) is 1.82.